The van der Waals surface area contributed by atoms with Crippen molar-refractivity contribution < 1.29 is 14.4 Å². The Kier molecular flexibility index (Phi) is 6.18. The van der Waals surface area contributed by atoms with Crippen LogP contribution in [0.15, 0.2) is 56.6 Å². The van der Waals surface area contributed by atoms with Crippen molar-refractivity contribution in [1.29, 1.82) is 0 Å². The molecule has 0 aliphatic heterocycles. The van der Waals surface area contributed by atoms with Gasteiger partial charge in [-0.2, -0.15) is 0 Å². The molecule has 0 saturated heterocycles. The number of aryl methyl sites for hydroxylation is 1. The van der Waals surface area contributed by atoms with Gasteiger partial charge in [-0.25, -0.2) is 4.79 Å². The lowest BCUT2D eigenvalue weighted by Gasteiger charge is -2.07. The van der Waals surface area contributed by atoms with E-state index in [0.29, 0.717) is 11.3 Å². The van der Waals surface area contributed by atoms with E-state index in [4.69, 9.17) is 15.3 Å². The summed E-state index contributed by atoms with van der Waals surface area (Å²) >= 11 is 6.69. The van der Waals surface area contributed by atoms with Crippen molar-refractivity contribution in [3.8, 4) is 5.75 Å². The lowest BCUT2D eigenvalue weighted by atomic mass is 10.2. The van der Waals surface area contributed by atoms with Gasteiger partial charge in [-0.15, -0.1) is 0 Å². The molecular formula is C16H14Br2N2O3. The highest BCUT2D eigenvalue weighted by Gasteiger charge is 2.07. The fourth-order valence-corrected chi connectivity index (χ4v) is 2.45. The van der Waals surface area contributed by atoms with Gasteiger partial charge in [-0.3, -0.25) is 0 Å². The van der Waals surface area contributed by atoms with Crippen molar-refractivity contribution in [2.24, 2.45) is 10.9 Å². The fraction of sp³-hybridized carbons (Fsp3) is 0.125. The second-order valence-corrected chi connectivity index (χ2v) is 6.48. The highest BCUT2D eigenvalue weighted by atomic mass is 79.9. The van der Waals surface area contributed by atoms with Crippen molar-refractivity contribution >= 4 is 43.7 Å². The molecule has 0 atom stereocenters. The van der Waals surface area contributed by atoms with Crippen LogP contribution in [0.2, 0.25) is 0 Å². The van der Waals surface area contributed by atoms with E-state index >= 15 is 0 Å². The highest BCUT2D eigenvalue weighted by Crippen LogP contribution is 2.22. The van der Waals surface area contributed by atoms with Crippen molar-refractivity contribution in [2.75, 3.05) is 6.61 Å². The number of hydrogen-bond donors (Lipinski definition) is 1. The molecule has 2 rings (SSSR count). The Morgan fingerprint density at radius 3 is 2.43 bits per heavy atom. The van der Waals surface area contributed by atoms with E-state index in [1.54, 1.807) is 18.2 Å². The van der Waals surface area contributed by atoms with Crippen molar-refractivity contribution in [3.05, 3.63) is 62.5 Å². The van der Waals surface area contributed by atoms with Gasteiger partial charge in [-0.05, 0) is 42.8 Å². The van der Waals surface area contributed by atoms with E-state index in [9.17, 15) is 4.79 Å². The minimum atomic E-state index is -0.632. The maximum atomic E-state index is 11.7. The third-order valence-corrected chi connectivity index (χ3v) is 3.89. The summed E-state index contributed by atoms with van der Waals surface area (Å²) < 4.78 is 7.26. The predicted molar refractivity (Wildman–Crippen MR) is 95.3 cm³/mol. The quantitative estimate of drug-likeness (QED) is 0.331. The van der Waals surface area contributed by atoms with E-state index in [1.807, 2.05) is 31.2 Å². The van der Waals surface area contributed by atoms with E-state index in [-0.39, 0.29) is 12.4 Å². The van der Waals surface area contributed by atoms with Crippen LogP contribution in [0, 0.1) is 6.92 Å². The molecule has 2 aromatic rings. The predicted octanol–water partition coefficient (Wildman–Crippen LogP) is 3.76. The maximum Gasteiger partial charge on any atom is 0.372 e. The van der Waals surface area contributed by atoms with Crippen LogP contribution in [0.25, 0.3) is 0 Å². The monoisotopic (exact) mass is 440 g/mol. The number of benzene rings is 2. The molecular weight excluding hydrogens is 428 g/mol. The molecule has 0 aromatic heterocycles. The normalized spacial score (nSPS) is 11.2. The fourth-order valence-electron chi connectivity index (χ4n) is 1.71. The van der Waals surface area contributed by atoms with Gasteiger partial charge < -0.3 is 15.3 Å². The summed E-state index contributed by atoms with van der Waals surface area (Å²) in [5.74, 6) is 0.0908. The zero-order valence-electron chi connectivity index (χ0n) is 12.3. The SMILES string of the molecule is Cc1cc(Br)ccc1OCC(=O)O/N=C(\N)c1ccc(Br)cc1. The van der Waals surface area contributed by atoms with Gasteiger partial charge in [-0.1, -0.05) is 49.1 Å². The minimum Gasteiger partial charge on any atom is -0.482 e. The largest absolute Gasteiger partial charge is 0.482 e. The van der Waals surface area contributed by atoms with E-state index in [1.165, 1.54) is 0 Å². The Morgan fingerprint density at radius 2 is 1.78 bits per heavy atom. The number of nitrogens with zero attached hydrogens (tertiary/aromatic N) is 1. The number of oxime groups is 1. The molecule has 2 aromatic carbocycles. The molecule has 0 aliphatic carbocycles. The number of hydrogen-bond acceptors (Lipinski definition) is 4. The highest BCUT2D eigenvalue weighted by molar-refractivity contribution is 9.10. The van der Waals surface area contributed by atoms with Crippen molar-refractivity contribution in [2.45, 2.75) is 6.92 Å². The molecule has 0 aliphatic rings. The first kappa shape index (κ1) is 17.5. The first-order chi connectivity index (χ1) is 11.0. The van der Waals surface area contributed by atoms with Gasteiger partial charge >= 0.3 is 5.97 Å². The molecule has 0 saturated carbocycles. The molecule has 0 radical (unpaired) electrons. The van der Waals surface area contributed by atoms with Crippen LogP contribution in [0.5, 0.6) is 5.75 Å². The average Bonchev–Trinajstić information content (AvgIpc) is 2.52. The third-order valence-electron chi connectivity index (χ3n) is 2.87. The first-order valence-corrected chi connectivity index (χ1v) is 8.22. The van der Waals surface area contributed by atoms with E-state index in [2.05, 4.69) is 37.0 Å². The minimum absolute atomic E-state index is 0.116. The molecule has 2 N–H and O–H groups in total. The Hall–Kier alpha value is -1.86. The Bertz CT molecular complexity index is 731. The number of amidine groups is 1. The maximum absolute atomic E-state index is 11.7. The summed E-state index contributed by atoms with van der Waals surface area (Å²) in [7, 11) is 0. The van der Waals surface area contributed by atoms with Crippen LogP contribution in [0.3, 0.4) is 0 Å². The number of carbonyl (C=O) groups is 1. The smallest absolute Gasteiger partial charge is 0.372 e. The van der Waals surface area contributed by atoms with Crippen LogP contribution >= 0.6 is 31.9 Å². The van der Waals surface area contributed by atoms with Gasteiger partial charge in [0.15, 0.2) is 12.4 Å². The van der Waals surface area contributed by atoms with Gasteiger partial charge in [0, 0.05) is 14.5 Å². The zero-order chi connectivity index (χ0) is 16.8. The standard InChI is InChI=1S/C16H14Br2N2O3/c1-10-8-13(18)6-7-14(10)22-9-15(21)23-20-16(19)11-2-4-12(17)5-3-11/h2-8H,9H2,1H3,(H2,19,20). The molecule has 7 heteroatoms. The molecule has 23 heavy (non-hydrogen) atoms. The Morgan fingerprint density at radius 1 is 1.13 bits per heavy atom. The Labute approximate surface area is 150 Å². The van der Waals surface area contributed by atoms with E-state index < -0.39 is 5.97 Å². The zero-order valence-corrected chi connectivity index (χ0v) is 15.4. The molecule has 0 spiro atoms. The second kappa shape index (κ2) is 8.12. The topological polar surface area (TPSA) is 73.9 Å². The van der Waals surface area contributed by atoms with Crippen LogP contribution < -0.4 is 10.5 Å². The average molecular weight is 442 g/mol. The van der Waals surface area contributed by atoms with Gasteiger partial charge in [0.05, 0.1) is 0 Å². The Balaban J connectivity index is 1.89. The first-order valence-electron chi connectivity index (χ1n) is 6.64. The molecule has 0 unspecified atom stereocenters. The third kappa shape index (κ3) is 5.37. The number of nitrogens with two attached hydrogens (primary N) is 1. The molecule has 0 amide bonds. The van der Waals surface area contributed by atoms with Gasteiger partial charge in [0.2, 0.25) is 0 Å². The number of rotatable bonds is 5. The van der Waals surface area contributed by atoms with Crippen LogP contribution in [-0.4, -0.2) is 18.4 Å². The van der Waals surface area contributed by atoms with Gasteiger partial charge in [0.25, 0.3) is 0 Å². The lowest BCUT2D eigenvalue weighted by Crippen LogP contribution is -2.18. The molecule has 0 fully saturated rings. The van der Waals surface area contributed by atoms with Crippen molar-refractivity contribution in [3.63, 3.8) is 0 Å². The lowest BCUT2D eigenvalue weighted by molar-refractivity contribution is -0.146. The molecule has 0 bridgehead atoms. The van der Waals surface area contributed by atoms with Crippen LogP contribution in [0.1, 0.15) is 11.1 Å². The summed E-state index contributed by atoms with van der Waals surface area (Å²) in [6.07, 6.45) is 0. The second-order valence-electron chi connectivity index (χ2n) is 4.65. The summed E-state index contributed by atoms with van der Waals surface area (Å²) in [6, 6.07) is 12.7. The molecule has 120 valence electrons. The van der Waals surface area contributed by atoms with E-state index in [0.717, 1.165) is 14.5 Å². The number of ether oxygens (including phenoxy) is 1. The van der Waals surface area contributed by atoms with Crippen molar-refractivity contribution in [1.82, 2.24) is 0 Å². The summed E-state index contributed by atoms with van der Waals surface area (Å²) in [4.78, 5) is 16.4. The van der Waals surface area contributed by atoms with Crippen LogP contribution in [-0.2, 0) is 9.63 Å². The number of halogens is 2. The summed E-state index contributed by atoms with van der Waals surface area (Å²) in [5.41, 5.74) is 7.32. The van der Waals surface area contributed by atoms with Crippen LogP contribution in [0.4, 0.5) is 0 Å². The molecule has 0 heterocycles. The number of carbonyl (C=O) groups excluding carboxylic acids is 1. The summed E-state index contributed by atoms with van der Waals surface area (Å²) in [6.45, 7) is 1.63. The summed E-state index contributed by atoms with van der Waals surface area (Å²) in [5, 5.41) is 3.61. The molecule has 5 nitrogen and oxygen atoms in total. The van der Waals surface area contributed by atoms with Gasteiger partial charge in [0.1, 0.15) is 5.75 Å².